The van der Waals surface area contributed by atoms with E-state index in [0.717, 1.165) is 30.4 Å². The van der Waals surface area contributed by atoms with Gasteiger partial charge in [0.1, 0.15) is 5.60 Å². The zero-order valence-corrected chi connectivity index (χ0v) is 62.0. The van der Waals surface area contributed by atoms with Crippen molar-refractivity contribution in [2.45, 2.75) is 171 Å². The maximum atomic E-state index is 13.7. The molecule has 22 nitrogen and oxygen atoms in total. The third kappa shape index (κ3) is 34.6. The van der Waals surface area contributed by atoms with Crippen molar-refractivity contribution >= 4 is 60.0 Å². The van der Waals surface area contributed by atoms with Gasteiger partial charge in [0, 0.05) is 32.1 Å². The number of carbonyl (C=O) groups is 8. The molecule has 4 aromatic rings. The van der Waals surface area contributed by atoms with Gasteiger partial charge in [0.15, 0.2) is 0 Å². The number of alkyl halides is 18. The molecule has 113 heavy (non-hydrogen) atoms. The first-order valence-electron chi connectivity index (χ1n) is 32.2. The average Bonchev–Trinajstić information content (AvgIpc) is 0.746. The number of halogens is 19. The first kappa shape index (κ1) is 107. The van der Waals surface area contributed by atoms with Gasteiger partial charge >= 0.3 is 72.8 Å². The molecule has 0 aliphatic rings. The fraction of sp³-hybridized carbons (Fsp3) is 0.417. The quantitative estimate of drug-likeness (QED) is 0.00398. The van der Waals surface area contributed by atoms with Crippen LogP contribution in [0, 0.1) is 0 Å². The van der Waals surface area contributed by atoms with Crippen LogP contribution in [-0.4, -0.2) is 148 Å². The van der Waals surface area contributed by atoms with Crippen LogP contribution in [0.4, 0.5) is 83.8 Å². The van der Waals surface area contributed by atoms with Gasteiger partial charge in [-0.3, -0.25) is 25.2 Å². The maximum absolute atomic E-state index is 13.7. The molecule has 5 atom stereocenters. The molecule has 0 bridgehead atoms. The summed E-state index contributed by atoms with van der Waals surface area (Å²) >= 11 is 0. The number of amides is 3. The van der Waals surface area contributed by atoms with Crippen molar-refractivity contribution in [2.24, 2.45) is 5.84 Å². The highest BCUT2D eigenvalue weighted by Gasteiger charge is 2.65. The molecule has 0 radical (unpaired) electrons. The molecule has 41 heteroatoms. The van der Waals surface area contributed by atoms with Gasteiger partial charge in [0.05, 0.1) is 46.2 Å². The van der Waals surface area contributed by atoms with E-state index < -0.39 is 164 Å². The molecule has 0 heterocycles. The topological polar surface area (TPSA) is 313 Å². The Balaban J connectivity index is -0.00000131. The molecular weight excluding hydrogens is 1590 g/mol. The lowest BCUT2D eigenvalue weighted by Crippen LogP contribution is -2.61. The summed E-state index contributed by atoms with van der Waals surface area (Å²) in [6, 6.07) is 32.7. The predicted molar refractivity (Wildman–Crippen MR) is 371 cm³/mol. The van der Waals surface area contributed by atoms with Crippen LogP contribution in [0.3, 0.4) is 0 Å². The number of hydrogen-bond donors (Lipinski definition) is 6. The van der Waals surface area contributed by atoms with E-state index in [2.05, 4.69) is 51.8 Å². The second-order valence-electron chi connectivity index (χ2n) is 23.1. The minimum absolute atomic E-state index is 0. The van der Waals surface area contributed by atoms with Gasteiger partial charge in [-0.1, -0.05) is 152 Å². The van der Waals surface area contributed by atoms with Crippen molar-refractivity contribution in [2.75, 3.05) is 19.8 Å². The Hall–Kier alpha value is -9.87. The summed E-state index contributed by atoms with van der Waals surface area (Å²) in [7, 11) is 0. The number of nitrogens with two attached hydrogens (primary N) is 1. The van der Waals surface area contributed by atoms with Crippen molar-refractivity contribution in [3.05, 3.63) is 207 Å². The van der Waals surface area contributed by atoms with Crippen LogP contribution in [0.25, 0.3) is 0 Å². The Kier molecular flexibility index (Phi) is 46.4. The van der Waals surface area contributed by atoms with Gasteiger partial charge in [-0.2, -0.15) is 79.0 Å². The summed E-state index contributed by atoms with van der Waals surface area (Å²) in [5.41, 5.74) is -9.96. The van der Waals surface area contributed by atoms with Crippen molar-refractivity contribution in [1.29, 1.82) is 0 Å². The number of carboxylic acid groups (broad SMARTS) is 1. The van der Waals surface area contributed by atoms with Crippen LogP contribution < -0.4 is 22.1 Å². The normalized spacial score (nSPS) is 14.0. The van der Waals surface area contributed by atoms with E-state index in [1.165, 1.54) is 26.2 Å². The standard InChI is InChI=1S/C18H23F3N2O4.C15H17F3O3.C13H15F3N2O2.C13H13F3O3.C8H11F3O3.C5H5F3O3.ClH/c1-5-11-17(18(19,20)21,26-12-13-9-7-6-8-10-13)14(24)22-23-15(25)27-16(2,3)4;1-3-10-14(15(16,17)18,13(19)20-4-2)21-11-12-8-6-5-7-9-12;1-2-8-12(11(19)18-17,13(14,15)16)20-9-10-6-4-3-5-7-10;1-2-8-12(11(17)18,13(14,15)16)19-9-10-6-4-3-5-7-10;1-3-5-7(13,8(9,10)11)6(12)14-4-2;1-2-11-4(10)3(9)5(6,7)8;/h5-10H,1,11-12H2,2-4H3,(H,22,24)(H,23,25);3,5-9H,1,4,10-11H2,2H3;2-7H,1,8-9,17H2,(H,18,19);2-7H,1,8-9H2,(H,17,18);3,13H,1,4-5H2,2H3;2H2,1H3;1H. The first-order valence-corrected chi connectivity index (χ1v) is 32.2. The van der Waals surface area contributed by atoms with Crippen molar-refractivity contribution in [1.82, 2.24) is 16.3 Å². The number of esters is 3. The number of ether oxygens (including phenoxy) is 8. The molecular formula is C72H85ClF18N4O18. The number of nitrogens with one attached hydrogen (secondary N) is 3. The van der Waals surface area contributed by atoms with Crippen LogP contribution in [0.5, 0.6) is 0 Å². The number of rotatable bonds is 31. The summed E-state index contributed by atoms with van der Waals surface area (Å²) < 4.78 is 268. The highest BCUT2D eigenvalue weighted by molar-refractivity contribution is 6.35. The number of hydrogen-bond acceptors (Lipinski definition) is 18. The van der Waals surface area contributed by atoms with Gasteiger partial charge in [0.2, 0.25) is 11.2 Å². The zero-order valence-electron chi connectivity index (χ0n) is 61.2. The second kappa shape index (κ2) is 48.9. The molecule has 0 aromatic heterocycles. The van der Waals surface area contributed by atoms with Crippen LogP contribution in [0.1, 0.15) is 95.9 Å². The van der Waals surface area contributed by atoms with E-state index in [1.807, 2.05) is 0 Å². The average molecular weight is 1670 g/mol. The highest BCUT2D eigenvalue weighted by atomic mass is 35.5. The van der Waals surface area contributed by atoms with Gasteiger partial charge in [-0.25, -0.2) is 35.2 Å². The lowest BCUT2D eigenvalue weighted by atomic mass is 9.97. The lowest BCUT2D eigenvalue weighted by molar-refractivity contribution is -0.280. The van der Waals surface area contributed by atoms with Crippen LogP contribution in [0.15, 0.2) is 185 Å². The molecule has 0 spiro atoms. The van der Waals surface area contributed by atoms with E-state index in [4.69, 9.17) is 35.0 Å². The fourth-order valence-corrected chi connectivity index (χ4v) is 8.03. The molecule has 634 valence electrons. The third-order valence-corrected chi connectivity index (χ3v) is 13.6. The molecule has 0 saturated carbocycles. The number of aliphatic hydroxyl groups is 1. The van der Waals surface area contributed by atoms with Crippen LogP contribution in [0.2, 0.25) is 0 Å². The fourth-order valence-electron chi connectivity index (χ4n) is 8.03. The number of benzene rings is 4. The molecule has 0 aliphatic heterocycles. The highest BCUT2D eigenvalue weighted by Crippen LogP contribution is 2.42. The van der Waals surface area contributed by atoms with Crippen molar-refractivity contribution in [3.8, 4) is 0 Å². The minimum atomic E-state index is -5.13. The summed E-state index contributed by atoms with van der Waals surface area (Å²) in [6.07, 6.45) is -30.7. The Morgan fingerprint density at radius 1 is 0.407 bits per heavy atom. The van der Waals surface area contributed by atoms with Gasteiger partial charge in [0.25, 0.3) is 28.6 Å². The molecule has 7 N–H and O–H groups in total. The number of carbonyl (C=O) groups excluding carboxylic acids is 7. The Labute approximate surface area is 643 Å². The Morgan fingerprint density at radius 2 is 0.690 bits per heavy atom. The van der Waals surface area contributed by atoms with Crippen LogP contribution >= 0.6 is 12.4 Å². The minimum Gasteiger partial charge on any atom is -0.479 e. The zero-order chi connectivity index (χ0) is 86.9. The Bertz CT molecular complexity index is 3610. The summed E-state index contributed by atoms with van der Waals surface area (Å²) in [4.78, 5) is 89.2. The van der Waals surface area contributed by atoms with E-state index in [0.29, 0.717) is 22.3 Å². The molecule has 0 saturated heterocycles. The molecule has 5 unspecified atom stereocenters. The van der Waals surface area contributed by atoms with Crippen molar-refractivity contribution in [3.63, 3.8) is 0 Å². The second-order valence-corrected chi connectivity index (χ2v) is 23.1. The smallest absolute Gasteiger partial charge is 0.461 e. The van der Waals surface area contributed by atoms with Gasteiger partial charge in [-0.15, -0.1) is 45.3 Å². The summed E-state index contributed by atoms with van der Waals surface area (Å²) in [6.45, 7) is 22.5. The van der Waals surface area contributed by atoms with Crippen LogP contribution in [-0.2, 0) is 97.9 Å². The van der Waals surface area contributed by atoms with E-state index in [1.54, 1.807) is 153 Å². The largest absolute Gasteiger partial charge is 0.479 e. The molecule has 0 fully saturated rings. The van der Waals surface area contributed by atoms with E-state index >= 15 is 0 Å². The molecule has 4 aromatic carbocycles. The molecule has 4 rings (SSSR count). The van der Waals surface area contributed by atoms with Gasteiger partial charge in [-0.05, 0) is 63.8 Å². The monoisotopic (exact) mass is 1670 g/mol. The van der Waals surface area contributed by atoms with Crippen molar-refractivity contribution < 1.29 is 165 Å². The third-order valence-electron chi connectivity index (χ3n) is 13.6. The summed E-state index contributed by atoms with van der Waals surface area (Å²) in [5.74, 6) is -7.76. The van der Waals surface area contributed by atoms with E-state index in [-0.39, 0.29) is 45.4 Å². The first-order chi connectivity index (χ1) is 51.7. The maximum Gasteiger partial charge on any atom is 0.461 e. The SMILES string of the molecule is C=CCC(O)(C(=O)OCC)C(F)(F)F.C=CCC(OCc1ccccc1)(C(=O)NN)C(F)(F)F.C=CCC(OCc1ccccc1)(C(=O)NNC(=O)OC(C)(C)C)C(F)(F)F.C=CCC(OCc1ccccc1)(C(=O)O)C(F)(F)F.C=CCC(OCc1ccccc1)(C(=O)OCC)C(F)(F)F.CCOC(=O)C(=O)C(F)(F)F.Cl. The number of carboxylic acids is 1. The number of ketones is 1. The van der Waals surface area contributed by atoms with Gasteiger partial charge < -0.3 is 48.1 Å². The number of hydrazine groups is 2. The molecule has 0 aliphatic carbocycles. The Morgan fingerprint density at radius 3 is 0.956 bits per heavy atom. The number of aliphatic carboxylic acids is 1. The summed E-state index contributed by atoms with van der Waals surface area (Å²) in [5, 5.41) is 18.0. The lowest BCUT2D eigenvalue weighted by Gasteiger charge is -2.33. The predicted octanol–water partition coefficient (Wildman–Crippen LogP) is 15.0. The van der Waals surface area contributed by atoms with E-state index in [9.17, 15) is 117 Å². The molecule has 3 amide bonds. The number of Topliss-reactive ketones (excluding diaryl/α,β-unsaturated/α-hetero) is 1.